The van der Waals surface area contributed by atoms with Gasteiger partial charge < -0.3 is 9.67 Å². The number of aliphatic hydroxyl groups is 1. The van der Waals surface area contributed by atoms with Gasteiger partial charge in [-0.25, -0.2) is 9.07 Å². The zero-order chi connectivity index (χ0) is 16.8. The fraction of sp³-hybridized carbons (Fsp3) is 0.500. The van der Waals surface area contributed by atoms with Crippen LogP contribution in [0.3, 0.4) is 0 Å². The van der Waals surface area contributed by atoms with Crippen molar-refractivity contribution in [2.45, 2.75) is 39.6 Å². The quantitative estimate of drug-likeness (QED) is 0.752. The topological polar surface area (TPSA) is 46.2 Å². The minimum atomic E-state index is -0.199. The van der Waals surface area contributed by atoms with Gasteiger partial charge in [0, 0.05) is 25.7 Å². The molecule has 0 spiro atoms. The van der Waals surface area contributed by atoms with E-state index in [0.29, 0.717) is 29.4 Å². The Balaban J connectivity index is 2.19. The van der Waals surface area contributed by atoms with Crippen molar-refractivity contribution >= 4 is 12.2 Å². The lowest BCUT2D eigenvalue weighted by atomic mass is 10.2. The Morgan fingerprint density at radius 3 is 2.70 bits per heavy atom. The standard InChI is InChI=1S/C16H23FN4OS/c1-3-4-9-20(10-13-7-5-6-8-14(13)17)12-21-16(23)19(2)15(11-22)18-21/h5-8,22H,3-4,9-12H2,1-2H3. The van der Waals surface area contributed by atoms with Gasteiger partial charge in [0.1, 0.15) is 12.4 Å². The van der Waals surface area contributed by atoms with E-state index in [-0.39, 0.29) is 12.4 Å². The number of unbranched alkanes of at least 4 members (excludes halogenated alkanes) is 1. The normalized spacial score (nSPS) is 11.3. The molecule has 0 saturated carbocycles. The van der Waals surface area contributed by atoms with E-state index in [1.807, 2.05) is 6.07 Å². The first-order valence-corrected chi connectivity index (χ1v) is 8.17. The summed E-state index contributed by atoms with van der Waals surface area (Å²) in [5.41, 5.74) is 0.661. The van der Waals surface area contributed by atoms with Crippen molar-refractivity contribution in [3.05, 3.63) is 46.2 Å². The summed E-state index contributed by atoms with van der Waals surface area (Å²) in [7, 11) is 1.78. The van der Waals surface area contributed by atoms with Gasteiger partial charge in [0.25, 0.3) is 0 Å². The van der Waals surface area contributed by atoms with Crippen LogP contribution in [0.2, 0.25) is 0 Å². The molecule has 0 radical (unpaired) electrons. The molecule has 1 heterocycles. The van der Waals surface area contributed by atoms with Crippen molar-refractivity contribution in [2.24, 2.45) is 7.05 Å². The second-order valence-corrected chi connectivity index (χ2v) is 5.92. The molecule has 0 saturated heterocycles. The highest BCUT2D eigenvalue weighted by Crippen LogP contribution is 2.12. The van der Waals surface area contributed by atoms with Crippen LogP contribution in [-0.4, -0.2) is 30.9 Å². The number of rotatable bonds is 8. The average Bonchev–Trinajstić information content (AvgIpc) is 2.82. The van der Waals surface area contributed by atoms with Gasteiger partial charge >= 0.3 is 0 Å². The van der Waals surface area contributed by atoms with E-state index in [4.69, 9.17) is 12.2 Å². The number of aliphatic hydroxyl groups excluding tert-OH is 1. The summed E-state index contributed by atoms with van der Waals surface area (Å²) < 4.78 is 17.8. The molecular weight excluding hydrogens is 315 g/mol. The van der Waals surface area contributed by atoms with Gasteiger partial charge in [-0.1, -0.05) is 31.5 Å². The van der Waals surface area contributed by atoms with E-state index in [2.05, 4.69) is 16.9 Å². The van der Waals surface area contributed by atoms with E-state index in [0.717, 1.165) is 19.4 Å². The number of aromatic nitrogens is 3. The van der Waals surface area contributed by atoms with E-state index in [9.17, 15) is 9.50 Å². The summed E-state index contributed by atoms with van der Waals surface area (Å²) >= 11 is 5.35. The molecule has 1 N–H and O–H groups in total. The predicted octanol–water partition coefficient (Wildman–Crippen LogP) is 2.84. The van der Waals surface area contributed by atoms with E-state index in [1.54, 1.807) is 28.4 Å². The monoisotopic (exact) mass is 338 g/mol. The molecule has 5 nitrogen and oxygen atoms in total. The third-order valence-electron chi connectivity index (χ3n) is 3.79. The van der Waals surface area contributed by atoms with Crippen molar-refractivity contribution in [1.29, 1.82) is 0 Å². The maximum absolute atomic E-state index is 13.9. The second-order valence-electron chi connectivity index (χ2n) is 5.55. The van der Waals surface area contributed by atoms with Gasteiger partial charge in [0.2, 0.25) is 0 Å². The highest BCUT2D eigenvalue weighted by molar-refractivity contribution is 7.71. The molecule has 2 aromatic rings. The van der Waals surface area contributed by atoms with Crippen molar-refractivity contribution in [1.82, 2.24) is 19.2 Å². The molecule has 0 bridgehead atoms. The predicted molar refractivity (Wildman–Crippen MR) is 89.7 cm³/mol. The fourth-order valence-corrected chi connectivity index (χ4v) is 2.60. The van der Waals surface area contributed by atoms with Crippen LogP contribution in [0.1, 0.15) is 31.2 Å². The highest BCUT2D eigenvalue weighted by Gasteiger charge is 2.13. The van der Waals surface area contributed by atoms with Crippen molar-refractivity contribution in [3.8, 4) is 0 Å². The molecule has 126 valence electrons. The Labute approximate surface area is 141 Å². The van der Waals surface area contributed by atoms with E-state index >= 15 is 0 Å². The Hall–Kier alpha value is -1.57. The van der Waals surface area contributed by atoms with Gasteiger partial charge in [-0.15, -0.1) is 0 Å². The minimum absolute atomic E-state index is 0.157. The highest BCUT2D eigenvalue weighted by atomic mass is 32.1. The number of hydrogen-bond acceptors (Lipinski definition) is 4. The van der Waals surface area contributed by atoms with Gasteiger partial charge in [0.15, 0.2) is 10.6 Å². The Morgan fingerprint density at radius 1 is 1.35 bits per heavy atom. The number of halogens is 1. The van der Waals surface area contributed by atoms with Crippen LogP contribution in [0.25, 0.3) is 0 Å². The minimum Gasteiger partial charge on any atom is -0.388 e. The molecule has 0 aliphatic carbocycles. The van der Waals surface area contributed by atoms with Crippen LogP contribution in [0.15, 0.2) is 24.3 Å². The SMILES string of the molecule is CCCCN(Cc1ccccc1F)Cn1nc(CO)n(C)c1=S. The first kappa shape index (κ1) is 17.8. The van der Waals surface area contributed by atoms with Gasteiger partial charge in [-0.2, -0.15) is 5.10 Å². The second kappa shape index (κ2) is 8.33. The van der Waals surface area contributed by atoms with E-state index in [1.165, 1.54) is 6.07 Å². The molecular formula is C16H23FN4OS. The number of nitrogens with zero attached hydrogens (tertiary/aromatic N) is 4. The molecule has 0 fully saturated rings. The summed E-state index contributed by atoms with van der Waals surface area (Å²) in [6.07, 6.45) is 2.07. The molecule has 0 aliphatic rings. The molecule has 0 aliphatic heterocycles. The Bertz CT molecular complexity index is 698. The first-order valence-electron chi connectivity index (χ1n) is 7.76. The van der Waals surface area contributed by atoms with Crippen molar-refractivity contribution in [3.63, 3.8) is 0 Å². The van der Waals surface area contributed by atoms with E-state index < -0.39 is 0 Å². The zero-order valence-electron chi connectivity index (χ0n) is 13.6. The molecule has 0 unspecified atom stereocenters. The molecule has 2 rings (SSSR count). The molecule has 1 aromatic heterocycles. The van der Waals surface area contributed by atoms with Crippen LogP contribution in [0.5, 0.6) is 0 Å². The number of benzene rings is 1. The van der Waals surface area contributed by atoms with Crippen LogP contribution in [0, 0.1) is 10.6 Å². The number of hydrogen-bond donors (Lipinski definition) is 1. The third kappa shape index (κ3) is 4.46. The molecule has 1 aromatic carbocycles. The van der Waals surface area contributed by atoms with Gasteiger partial charge in [0.05, 0.1) is 6.67 Å². The average molecular weight is 338 g/mol. The Kier molecular flexibility index (Phi) is 6.44. The van der Waals surface area contributed by atoms with Crippen LogP contribution < -0.4 is 0 Å². The van der Waals surface area contributed by atoms with Gasteiger partial charge in [-0.05, 0) is 24.7 Å². The molecule has 0 amide bonds. The van der Waals surface area contributed by atoms with Crippen molar-refractivity contribution < 1.29 is 9.50 Å². The summed E-state index contributed by atoms with van der Waals surface area (Å²) in [5, 5.41) is 13.6. The third-order valence-corrected chi connectivity index (χ3v) is 4.27. The maximum atomic E-state index is 13.9. The molecule has 0 atom stereocenters. The lowest BCUT2D eigenvalue weighted by molar-refractivity contribution is 0.190. The lowest BCUT2D eigenvalue weighted by Gasteiger charge is -2.22. The van der Waals surface area contributed by atoms with Crippen LogP contribution >= 0.6 is 12.2 Å². The smallest absolute Gasteiger partial charge is 0.198 e. The maximum Gasteiger partial charge on any atom is 0.198 e. The largest absolute Gasteiger partial charge is 0.388 e. The molecule has 23 heavy (non-hydrogen) atoms. The van der Waals surface area contributed by atoms with Crippen LogP contribution in [-0.2, 0) is 26.9 Å². The molecule has 7 heteroatoms. The first-order chi connectivity index (χ1) is 11.1. The van der Waals surface area contributed by atoms with Crippen molar-refractivity contribution in [2.75, 3.05) is 6.54 Å². The summed E-state index contributed by atoms with van der Waals surface area (Å²) in [4.78, 5) is 2.12. The Morgan fingerprint density at radius 2 is 2.09 bits per heavy atom. The van der Waals surface area contributed by atoms with Gasteiger partial charge in [-0.3, -0.25) is 4.90 Å². The fourth-order valence-electron chi connectivity index (χ4n) is 2.40. The zero-order valence-corrected chi connectivity index (χ0v) is 14.4. The lowest BCUT2D eigenvalue weighted by Crippen LogP contribution is -2.28. The summed E-state index contributed by atoms with van der Waals surface area (Å²) in [6.45, 7) is 3.77. The van der Waals surface area contributed by atoms with Crippen LogP contribution in [0.4, 0.5) is 4.39 Å². The summed E-state index contributed by atoms with van der Waals surface area (Å²) in [6, 6.07) is 6.80. The summed E-state index contributed by atoms with van der Waals surface area (Å²) in [5.74, 6) is 0.325.